The van der Waals surface area contributed by atoms with Crippen molar-refractivity contribution in [1.82, 2.24) is 10.2 Å². The third-order valence-corrected chi connectivity index (χ3v) is 4.81. The van der Waals surface area contributed by atoms with Crippen molar-refractivity contribution in [2.24, 2.45) is 11.8 Å². The van der Waals surface area contributed by atoms with Gasteiger partial charge in [0, 0.05) is 19.0 Å². The van der Waals surface area contributed by atoms with Crippen molar-refractivity contribution in [3.8, 4) is 0 Å². The molecule has 1 heterocycles. The number of amides is 2. The van der Waals surface area contributed by atoms with E-state index in [2.05, 4.69) is 5.32 Å². The number of hydrogen-bond acceptors (Lipinski definition) is 4. The summed E-state index contributed by atoms with van der Waals surface area (Å²) >= 11 is 0. The molecule has 0 spiro atoms. The molecule has 1 aliphatic carbocycles. The first kappa shape index (κ1) is 18.0. The van der Waals surface area contributed by atoms with Crippen LogP contribution in [0.2, 0.25) is 0 Å². The lowest BCUT2D eigenvalue weighted by atomic mass is 9.87. The van der Waals surface area contributed by atoms with Crippen LogP contribution in [0.1, 0.15) is 53.4 Å². The van der Waals surface area contributed by atoms with Crippen molar-refractivity contribution >= 4 is 12.0 Å². The lowest BCUT2D eigenvalue weighted by molar-refractivity contribution is -0.128. The molecular weight excluding hydrogens is 296 g/mol. The van der Waals surface area contributed by atoms with E-state index in [1.165, 1.54) is 0 Å². The number of ether oxygens (including phenoxy) is 1. The van der Waals surface area contributed by atoms with Crippen LogP contribution in [-0.2, 0) is 9.53 Å². The fourth-order valence-electron chi connectivity index (χ4n) is 2.95. The number of hydrogen-bond donors (Lipinski definition) is 2. The summed E-state index contributed by atoms with van der Waals surface area (Å²) in [6.45, 7) is 8.33. The zero-order valence-electron chi connectivity index (χ0n) is 14.7. The molecule has 1 saturated heterocycles. The monoisotopic (exact) mass is 326 g/mol. The number of nitrogens with zero attached hydrogens (tertiary/aromatic N) is 1. The van der Waals surface area contributed by atoms with Gasteiger partial charge in [0.05, 0.1) is 12.1 Å². The van der Waals surface area contributed by atoms with Crippen LogP contribution in [0.25, 0.3) is 0 Å². The van der Waals surface area contributed by atoms with E-state index in [1.807, 2.05) is 27.7 Å². The first-order valence-corrected chi connectivity index (χ1v) is 8.57. The van der Waals surface area contributed by atoms with Crippen LogP contribution in [0.3, 0.4) is 0 Å². The zero-order valence-corrected chi connectivity index (χ0v) is 14.7. The normalized spacial score (nSPS) is 22.4. The number of carbonyl (C=O) groups is 2. The van der Waals surface area contributed by atoms with Crippen molar-refractivity contribution in [3.05, 3.63) is 0 Å². The molecule has 0 aromatic carbocycles. The van der Waals surface area contributed by atoms with E-state index in [-0.39, 0.29) is 24.5 Å². The Kier molecular flexibility index (Phi) is 5.23. The number of likely N-dealkylation sites (tertiary alicyclic amines) is 1. The molecule has 1 atom stereocenters. The summed E-state index contributed by atoms with van der Waals surface area (Å²) in [5.41, 5.74) is -1.13. The quantitative estimate of drug-likeness (QED) is 0.827. The third-order valence-electron chi connectivity index (χ3n) is 4.81. The van der Waals surface area contributed by atoms with E-state index in [0.717, 1.165) is 12.8 Å². The molecule has 1 saturated carbocycles. The van der Waals surface area contributed by atoms with Gasteiger partial charge in [-0.05, 0) is 52.4 Å². The van der Waals surface area contributed by atoms with Crippen LogP contribution in [0, 0.1) is 11.8 Å². The Balaban J connectivity index is 1.88. The minimum Gasteiger partial charge on any atom is -0.444 e. The average molecular weight is 326 g/mol. The van der Waals surface area contributed by atoms with Crippen LogP contribution < -0.4 is 5.32 Å². The number of piperidine rings is 1. The molecule has 6 heteroatoms. The number of carbonyl (C=O) groups excluding carboxylic acids is 2. The molecule has 0 radical (unpaired) electrons. The average Bonchev–Trinajstić information content (AvgIpc) is 3.29. The number of nitrogens with one attached hydrogen (secondary N) is 1. The Bertz CT molecular complexity index is 446. The van der Waals surface area contributed by atoms with Crippen molar-refractivity contribution in [2.45, 2.75) is 64.5 Å². The topological polar surface area (TPSA) is 78.9 Å². The first-order valence-electron chi connectivity index (χ1n) is 8.57. The Morgan fingerprint density at radius 3 is 2.30 bits per heavy atom. The Hall–Kier alpha value is -1.30. The molecule has 132 valence electrons. The summed E-state index contributed by atoms with van der Waals surface area (Å²) in [4.78, 5) is 26.1. The molecule has 6 nitrogen and oxygen atoms in total. The van der Waals surface area contributed by atoms with Gasteiger partial charge >= 0.3 is 6.09 Å². The van der Waals surface area contributed by atoms with Gasteiger partial charge < -0.3 is 20.1 Å². The summed E-state index contributed by atoms with van der Waals surface area (Å²) < 4.78 is 5.38. The zero-order chi connectivity index (χ0) is 17.3. The lowest BCUT2D eigenvalue weighted by Gasteiger charge is -2.41. The Morgan fingerprint density at radius 2 is 1.87 bits per heavy atom. The first-order chi connectivity index (χ1) is 10.7. The molecule has 0 aromatic rings. The van der Waals surface area contributed by atoms with Gasteiger partial charge in [-0.3, -0.25) is 4.79 Å². The second-order valence-corrected chi connectivity index (χ2v) is 8.02. The molecule has 2 N–H and O–H groups in total. The maximum absolute atomic E-state index is 12.3. The number of rotatable bonds is 4. The summed E-state index contributed by atoms with van der Waals surface area (Å²) in [5, 5.41) is 12.8. The summed E-state index contributed by atoms with van der Waals surface area (Å²) in [5.74, 6) is 0.516. The fourth-order valence-corrected chi connectivity index (χ4v) is 2.95. The molecule has 2 rings (SSSR count). The van der Waals surface area contributed by atoms with Crippen molar-refractivity contribution < 1.29 is 19.4 Å². The molecule has 2 aliphatic rings. The van der Waals surface area contributed by atoms with Gasteiger partial charge in [-0.25, -0.2) is 4.79 Å². The molecular formula is C17H30N2O4. The van der Waals surface area contributed by atoms with Crippen LogP contribution in [0.5, 0.6) is 0 Å². The molecule has 2 amide bonds. The highest BCUT2D eigenvalue weighted by Crippen LogP contribution is 2.37. The van der Waals surface area contributed by atoms with Crippen LogP contribution >= 0.6 is 0 Å². The van der Waals surface area contributed by atoms with Crippen molar-refractivity contribution in [2.75, 3.05) is 19.7 Å². The smallest absolute Gasteiger partial charge is 0.410 e. The van der Waals surface area contributed by atoms with Crippen molar-refractivity contribution in [3.63, 3.8) is 0 Å². The van der Waals surface area contributed by atoms with Gasteiger partial charge in [-0.2, -0.15) is 0 Å². The van der Waals surface area contributed by atoms with Gasteiger partial charge in [0.2, 0.25) is 5.91 Å². The Morgan fingerprint density at radius 1 is 1.30 bits per heavy atom. The van der Waals surface area contributed by atoms with E-state index in [4.69, 9.17) is 4.74 Å². The second kappa shape index (κ2) is 6.67. The molecule has 1 unspecified atom stereocenters. The molecule has 0 aromatic heterocycles. The van der Waals surface area contributed by atoms with Crippen LogP contribution in [-0.4, -0.2) is 52.8 Å². The highest BCUT2D eigenvalue weighted by molar-refractivity contribution is 5.79. The summed E-state index contributed by atoms with van der Waals surface area (Å²) in [6.07, 6.45) is 3.00. The van der Waals surface area contributed by atoms with E-state index >= 15 is 0 Å². The maximum Gasteiger partial charge on any atom is 0.410 e. The lowest BCUT2D eigenvalue weighted by Crippen LogP contribution is -2.59. The predicted octanol–water partition coefficient (Wildman–Crippen LogP) is 1.91. The second-order valence-electron chi connectivity index (χ2n) is 8.02. The molecule has 23 heavy (non-hydrogen) atoms. The molecule has 1 aliphatic heterocycles. The summed E-state index contributed by atoms with van der Waals surface area (Å²) in [7, 11) is 0. The number of aliphatic hydroxyl groups excluding tert-OH is 1. The van der Waals surface area contributed by atoms with Crippen LogP contribution in [0.15, 0.2) is 0 Å². The summed E-state index contributed by atoms with van der Waals surface area (Å²) in [6, 6.07) is 0. The van der Waals surface area contributed by atoms with E-state index in [9.17, 15) is 14.7 Å². The highest BCUT2D eigenvalue weighted by Gasteiger charge is 2.40. The van der Waals surface area contributed by atoms with E-state index in [0.29, 0.717) is 31.8 Å². The SMILES string of the molecule is CC(C(=O)NC1(CO)CCN(C(=O)OC(C)(C)C)CC1)C1CC1. The van der Waals surface area contributed by atoms with Gasteiger partial charge in [0.1, 0.15) is 5.60 Å². The van der Waals surface area contributed by atoms with E-state index < -0.39 is 11.1 Å². The largest absolute Gasteiger partial charge is 0.444 e. The van der Waals surface area contributed by atoms with Gasteiger partial charge in [-0.1, -0.05) is 6.92 Å². The molecule has 0 bridgehead atoms. The van der Waals surface area contributed by atoms with Crippen molar-refractivity contribution in [1.29, 1.82) is 0 Å². The van der Waals surface area contributed by atoms with Gasteiger partial charge in [0.25, 0.3) is 0 Å². The Labute approximate surface area is 138 Å². The highest BCUT2D eigenvalue weighted by atomic mass is 16.6. The minimum absolute atomic E-state index is 0.00214. The van der Waals surface area contributed by atoms with Gasteiger partial charge in [0.15, 0.2) is 0 Å². The third kappa shape index (κ3) is 4.83. The van der Waals surface area contributed by atoms with Gasteiger partial charge in [-0.15, -0.1) is 0 Å². The standard InChI is InChI=1S/C17H30N2O4/c1-12(13-5-6-13)14(21)18-17(11-20)7-9-19(10-8-17)15(22)23-16(2,3)4/h12-13,20H,5-11H2,1-4H3,(H,18,21). The fraction of sp³-hybridized carbons (Fsp3) is 0.882. The van der Waals surface area contributed by atoms with E-state index in [1.54, 1.807) is 4.90 Å². The van der Waals surface area contributed by atoms with Crippen LogP contribution in [0.4, 0.5) is 4.79 Å². The molecule has 2 fully saturated rings. The minimum atomic E-state index is -0.612. The number of aliphatic hydroxyl groups is 1. The maximum atomic E-state index is 12.3. The predicted molar refractivity (Wildman–Crippen MR) is 86.9 cm³/mol.